The van der Waals surface area contributed by atoms with Gasteiger partial charge in [-0.25, -0.2) is 0 Å². The van der Waals surface area contributed by atoms with Crippen molar-refractivity contribution < 1.29 is 19.4 Å². The van der Waals surface area contributed by atoms with Crippen LogP contribution in [-0.2, 0) is 11.3 Å². The number of aliphatic hydroxyl groups excluding tert-OH is 1. The van der Waals surface area contributed by atoms with E-state index in [0.29, 0.717) is 16.2 Å². The Labute approximate surface area is 171 Å². The third-order valence-corrected chi connectivity index (χ3v) is 5.70. The Morgan fingerprint density at radius 2 is 2.03 bits per heavy atom. The predicted molar refractivity (Wildman–Crippen MR) is 109 cm³/mol. The van der Waals surface area contributed by atoms with E-state index in [-0.39, 0.29) is 17.9 Å². The topological polar surface area (TPSA) is 79.7 Å². The first-order valence-corrected chi connectivity index (χ1v) is 9.84. The SMILES string of the molecule is COc1ccccc1CN1C(=O)C(O)=C(C(=O)c2cccs2)C1c1cccnc1. The number of benzene rings is 1. The van der Waals surface area contributed by atoms with Crippen LogP contribution >= 0.6 is 11.3 Å². The first-order chi connectivity index (χ1) is 14.1. The van der Waals surface area contributed by atoms with Crippen LogP contribution in [0.25, 0.3) is 0 Å². The highest BCUT2D eigenvalue weighted by Gasteiger charge is 2.44. The smallest absolute Gasteiger partial charge is 0.290 e. The van der Waals surface area contributed by atoms with Crippen molar-refractivity contribution >= 4 is 23.0 Å². The molecule has 29 heavy (non-hydrogen) atoms. The second-order valence-electron chi connectivity index (χ2n) is 6.50. The predicted octanol–water partition coefficient (Wildman–Crippen LogP) is 3.93. The number of pyridine rings is 1. The summed E-state index contributed by atoms with van der Waals surface area (Å²) >= 11 is 1.27. The Morgan fingerprint density at radius 3 is 2.72 bits per heavy atom. The van der Waals surface area contributed by atoms with E-state index in [1.54, 1.807) is 55.2 Å². The third-order valence-electron chi connectivity index (χ3n) is 4.83. The number of Topliss-reactive ketones (excluding diaryl/α,β-unsaturated/α-hetero) is 1. The van der Waals surface area contributed by atoms with Crippen LogP contribution in [0.4, 0.5) is 0 Å². The Bertz CT molecular complexity index is 1080. The van der Waals surface area contributed by atoms with Crippen LogP contribution in [0, 0.1) is 0 Å². The molecule has 1 aliphatic rings. The standard InChI is InChI=1S/C22H18N2O4S/c1-28-16-8-3-2-6-15(16)13-24-19(14-7-4-10-23-12-14)18(21(26)22(24)27)20(25)17-9-5-11-29-17/h2-12,19,26H,13H2,1H3. The number of carbonyl (C=O) groups excluding carboxylic acids is 2. The molecule has 1 aliphatic heterocycles. The molecule has 3 aromatic rings. The van der Waals surface area contributed by atoms with E-state index in [1.165, 1.54) is 16.2 Å². The summed E-state index contributed by atoms with van der Waals surface area (Å²) in [5, 5.41) is 12.4. The van der Waals surface area contributed by atoms with Crippen LogP contribution in [0.1, 0.15) is 26.8 Å². The highest BCUT2D eigenvalue weighted by Crippen LogP contribution is 2.40. The van der Waals surface area contributed by atoms with E-state index in [9.17, 15) is 14.7 Å². The zero-order chi connectivity index (χ0) is 20.4. The lowest BCUT2D eigenvalue weighted by Gasteiger charge is -2.27. The molecule has 3 heterocycles. The Balaban J connectivity index is 1.79. The van der Waals surface area contributed by atoms with Crippen LogP contribution in [0.3, 0.4) is 0 Å². The molecule has 0 spiro atoms. The second-order valence-corrected chi connectivity index (χ2v) is 7.45. The van der Waals surface area contributed by atoms with Crippen molar-refractivity contribution in [1.29, 1.82) is 0 Å². The minimum atomic E-state index is -0.740. The van der Waals surface area contributed by atoms with E-state index in [1.807, 2.05) is 18.2 Å². The molecule has 1 amide bonds. The molecule has 2 aromatic heterocycles. The molecule has 4 rings (SSSR count). The van der Waals surface area contributed by atoms with Crippen molar-refractivity contribution in [2.45, 2.75) is 12.6 Å². The van der Waals surface area contributed by atoms with Crippen LogP contribution < -0.4 is 4.74 Å². The van der Waals surface area contributed by atoms with Gasteiger partial charge in [0, 0.05) is 18.0 Å². The molecule has 1 N–H and O–H groups in total. The van der Waals surface area contributed by atoms with E-state index in [4.69, 9.17) is 4.74 Å². The van der Waals surface area contributed by atoms with Crippen molar-refractivity contribution in [3.63, 3.8) is 0 Å². The van der Waals surface area contributed by atoms with Crippen LogP contribution in [0.5, 0.6) is 5.75 Å². The summed E-state index contributed by atoms with van der Waals surface area (Å²) in [6, 6.07) is 13.6. The Hall–Kier alpha value is -3.45. The number of amides is 1. The fourth-order valence-electron chi connectivity index (χ4n) is 3.49. The lowest BCUT2D eigenvalue weighted by molar-refractivity contribution is -0.130. The Kier molecular flexibility index (Phi) is 5.14. The molecule has 0 radical (unpaired) electrons. The molecule has 0 saturated carbocycles. The summed E-state index contributed by atoms with van der Waals surface area (Å²) in [5.74, 6) is -0.846. The summed E-state index contributed by atoms with van der Waals surface area (Å²) in [4.78, 5) is 32.2. The number of thiophene rings is 1. The maximum Gasteiger partial charge on any atom is 0.290 e. The number of rotatable bonds is 6. The number of ether oxygens (including phenoxy) is 1. The summed E-state index contributed by atoms with van der Waals surface area (Å²) in [6.07, 6.45) is 3.22. The van der Waals surface area contributed by atoms with Crippen molar-refractivity contribution in [2.24, 2.45) is 0 Å². The fraction of sp³-hybridized carbons (Fsp3) is 0.136. The highest BCUT2D eigenvalue weighted by molar-refractivity contribution is 7.12. The number of nitrogens with zero attached hydrogens (tertiary/aromatic N) is 2. The molecule has 7 heteroatoms. The molecule has 146 valence electrons. The first kappa shape index (κ1) is 18.9. The van der Waals surface area contributed by atoms with Crippen molar-refractivity contribution in [3.05, 3.63) is 93.6 Å². The van der Waals surface area contributed by atoms with Gasteiger partial charge in [-0.3, -0.25) is 14.6 Å². The van der Waals surface area contributed by atoms with Gasteiger partial charge in [0.05, 0.1) is 30.1 Å². The molecule has 1 unspecified atom stereocenters. The number of hydrogen-bond donors (Lipinski definition) is 1. The van der Waals surface area contributed by atoms with Gasteiger partial charge in [-0.1, -0.05) is 30.3 Å². The van der Waals surface area contributed by atoms with Gasteiger partial charge in [-0.15, -0.1) is 11.3 Å². The summed E-state index contributed by atoms with van der Waals surface area (Å²) in [6.45, 7) is 0.174. The summed E-state index contributed by atoms with van der Waals surface area (Å²) in [5.41, 5.74) is 1.50. The van der Waals surface area contributed by atoms with Crippen molar-refractivity contribution in [1.82, 2.24) is 9.88 Å². The zero-order valence-electron chi connectivity index (χ0n) is 15.6. The third kappa shape index (κ3) is 3.40. The minimum absolute atomic E-state index is 0.0698. The van der Waals surface area contributed by atoms with Gasteiger partial charge < -0.3 is 14.7 Å². The lowest BCUT2D eigenvalue weighted by atomic mass is 9.96. The number of para-hydroxylation sites is 1. The second kappa shape index (κ2) is 7.89. The maximum absolute atomic E-state index is 13.1. The van der Waals surface area contributed by atoms with E-state index >= 15 is 0 Å². The van der Waals surface area contributed by atoms with E-state index < -0.39 is 17.7 Å². The molecule has 0 saturated heterocycles. The number of ketones is 1. The molecule has 0 fully saturated rings. The monoisotopic (exact) mass is 406 g/mol. The number of aromatic nitrogens is 1. The molecular formula is C22H18N2O4S. The summed E-state index contributed by atoms with van der Waals surface area (Å²) < 4.78 is 5.40. The molecule has 6 nitrogen and oxygen atoms in total. The van der Waals surface area contributed by atoms with E-state index in [0.717, 1.165) is 5.56 Å². The lowest BCUT2D eigenvalue weighted by Crippen LogP contribution is -2.30. The van der Waals surface area contributed by atoms with Crippen molar-refractivity contribution in [2.75, 3.05) is 7.11 Å². The van der Waals surface area contributed by atoms with Gasteiger partial charge >= 0.3 is 0 Å². The average Bonchev–Trinajstić information content (AvgIpc) is 3.38. The maximum atomic E-state index is 13.1. The van der Waals surface area contributed by atoms with Gasteiger partial charge in [0.2, 0.25) is 5.78 Å². The van der Waals surface area contributed by atoms with Gasteiger partial charge in [-0.2, -0.15) is 0 Å². The molecule has 1 aromatic carbocycles. The Morgan fingerprint density at radius 1 is 1.21 bits per heavy atom. The zero-order valence-corrected chi connectivity index (χ0v) is 16.4. The highest BCUT2D eigenvalue weighted by atomic mass is 32.1. The minimum Gasteiger partial charge on any atom is -0.503 e. The normalized spacial score (nSPS) is 16.4. The fourth-order valence-corrected chi connectivity index (χ4v) is 4.17. The number of carbonyl (C=O) groups is 2. The van der Waals surface area contributed by atoms with Gasteiger partial charge in [0.1, 0.15) is 5.75 Å². The molecule has 0 bridgehead atoms. The molecule has 1 atom stereocenters. The van der Waals surface area contributed by atoms with E-state index in [2.05, 4.69) is 4.98 Å². The number of methoxy groups -OCH3 is 1. The first-order valence-electron chi connectivity index (χ1n) is 8.96. The van der Waals surface area contributed by atoms with Gasteiger partial charge in [0.25, 0.3) is 5.91 Å². The van der Waals surface area contributed by atoms with Crippen LogP contribution in [0.15, 0.2) is 77.6 Å². The summed E-state index contributed by atoms with van der Waals surface area (Å²) in [7, 11) is 1.56. The number of aliphatic hydroxyl groups is 1. The van der Waals surface area contributed by atoms with Gasteiger partial charge in [-0.05, 0) is 29.1 Å². The largest absolute Gasteiger partial charge is 0.503 e. The van der Waals surface area contributed by atoms with Gasteiger partial charge in [0.15, 0.2) is 5.76 Å². The average molecular weight is 406 g/mol. The molecular weight excluding hydrogens is 388 g/mol. The van der Waals surface area contributed by atoms with Crippen molar-refractivity contribution in [3.8, 4) is 5.75 Å². The quantitative estimate of drug-likeness (QED) is 0.628. The van der Waals surface area contributed by atoms with Crippen LogP contribution in [-0.4, -0.2) is 33.8 Å². The van der Waals surface area contributed by atoms with Crippen LogP contribution in [0.2, 0.25) is 0 Å². The molecule has 0 aliphatic carbocycles. The number of hydrogen-bond acceptors (Lipinski definition) is 6.